The molecule has 1 amide bonds. The first-order valence-electron chi connectivity index (χ1n) is 3.46. The second-order valence-corrected chi connectivity index (χ2v) is 2.65. The molecule has 58 valence electrons. The second-order valence-electron chi connectivity index (χ2n) is 2.65. The van der Waals surface area contributed by atoms with Crippen molar-refractivity contribution in [1.82, 2.24) is 10.3 Å². The van der Waals surface area contributed by atoms with Gasteiger partial charge in [0, 0.05) is 0 Å². The Hall–Kier alpha value is -0.610. The largest absolute Gasteiger partial charge is 0.295 e. The highest BCUT2D eigenvalue weighted by Gasteiger charge is 2.26. The molecule has 0 saturated carbocycles. The highest BCUT2D eigenvalue weighted by molar-refractivity contribution is 5.81. The number of nitrogens with zero attached hydrogens (tertiary/aromatic N) is 1. The molecule has 0 aromatic carbocycles. The lowest BCUT2D eigenvalue weighted by Gasteiger charge is -2.16. The van der Waals surface area contributed by atoms with Crippen LogP contribution in [0.5, 0.6) is 0 Å². The van der Waals surface area contributed by atoms with Crippen LogP contribution in [0.1, 0.15) is 12.8 Å². The molecule has 1 aliphatic heterocycles. The lowest BCUT2D eigenvalue weighted by Crippen LogP contribution is -2.44. The molecule has 0 aromatic rings. The smallest absolute Gasteiger partial charge is 0.251 e. The van der Waals surface area contributed by atoms with E-state index in [4.69, 9.17) is 5.84 Å². The maximum absolute atomic E-state index is 10.9. The Balaban J connectivity index is 2.46. The van der Waals surface area contributed by atoms with Crippen LogP contribution in [-0.2, 0) is 4.79 Å². The first kappa shape index (κ1) is 7.50. The van der Waals surface area contributed by atoms with E-state index in [2.05, 4.69) is 5.43 Å². The molecule has 1 heterocycles. The van der Waals surface area contributed by atoms with Crippen LogP contribution in [0.4, 0.5) is 0 Å². The van der Waals surface area contributed by atoms with E-state index >= 15 is 0 Å². The zero-order valence-electron chi connectivity index (χ0n) is 6.13. The number of carbonyl (C=O) groups is 1. The number of hydrazine groups is 1. The Bertz CT molecular complexity index is 137. The molecule has 0 spiro atoms. The number of nitrogens with one attached hydrogen (secondary N) is 1. The van der Waals surface area contributed by atoms with Gasteiger partial charge in [-0.15, -0.1) is 0 Å². The average molecular weight is 143 g/mol. The van der Waals surface area contributed by atoms with Gasteiger partial charge in [0.05, 0.1) is 6.04 Å². The molecule has 0 aromatic heterocycles. The molecule has 10 heavy (non-hydrogen) atoms. The van der Waals surface area contributed by atoms with Crippen LogP contribution >= 0.6 is 0 Å². The van der Waals surface area contributed by atoms with E-state index in [9.17, 15) is 4.79 Å². The van der Waals surface area contributed by atoms with Gasteiger partial charge in [-0.05, 0) is 26.4 Å². The van der Waals surface area contributed by atoms with Crippen LogP contribution in [0.25, 0.3) is 0 Å². The highest BCUT2D eigenvalue weighted by atomic mass is 16.2. The first-order chi connectivity index (χ1) is 4.75. The van der Waals surface area contributed by atoms with Gasteiger partial charge in [0.2, 0.25) is 0 Å². The van der Waals surface area contributed by atoms with Crippen LogP contribution in [0, 0.1) is 0 Å². The monoisotopic (exact) mass is 143 g/mol. The second kappa shape index (κ2) is 2.98. The lowest BCUT2D eigenvalue weighted by molar-refractivity contribution is -0.125. The minimum atomic E-state index is -0.0694. The summed E-state index contributed by atoms with van der Waals surface area (Å²) < 4.78 is 0. The van der Waals surface area contributed by atoms with Crippen LogP contribution in [0.3, 0.4) is 0 Å². The third-order valence-corrected chi connectivity index (χ3v) is 1.97. The van der Waals surface area contributed by atoms with E-state index in [1.807, 2.05) is 11.9 Å². The number of rotatable bonds is 1. The van der Waals surface area contributed by atoms with Crippen LogP contribution in [-0.4, -0.2) is 30.4 Å². The van der Waals surface area contributed by atoms with Crippen molar-refractivity contribution in [2.24, 2.45) is 5.84 Å². The van der Waals surface area contributed by atoms with Gasteiger partial charge in [-0.25, -0.2) is 5.84 Å². The molecule has 0 aliphatic carbocycles. The van der Waals surface area contributed by atoms with Crippen molar-refractivity contribution in [3.05, 3.63) is 0 Å². The summed E-state index contributed by atoms with van der Waals surface area (Å²) in [5, 5.41) is 0. The van der Waals surface area contributed by atoms with Gasteiger partial charge in [0.25, 0.3) is 5.91 Å². The molecule has 0 radical (unpaired) electrons. The summed E-state index contributed by atoms with van der Waals surface area (Å²) >= 11 is 0. The van der Waals surface area contributed by atoms with E-state index in [0.717, 1.165) is 19.4 Å². The summed E-state index contributed by atoms with van der Waals surface area (Å²) in [4.78, 5) is 13.0. The van der Waals surface area contributed by atoms with Crippen molar-refractivity contribution >= 4 is 5.91 Å². The van der Waals surface area contributed by atoms with E-state index in [-0.39, 0.29) is 11.9 Å². The summed E-state index contributed by atoms with van der Waals surface area (Å²) in [5.74, 6) is 4.92. The van der Waals surface area contributed by atoms with Crippen LogP contribution in [0.2, 0.25) is 0 Å². The Morgan fingerprint density at radius 3 is 2.90 bits per heavy atom. The predicted octanol–water partition coefficient (Wildman–Crippen LogP) is -0.929. The van der Waals surface area contributed by atoms with Gasteiger partial charge in [0.1, 0.15) is 0 Å². The molecule has 1 rings (SSSR count). The molecule has 0 unspecified atom stereocenters. The summed E-state index contributed by atoms with van der Waals surface area (Å²) in [6, 6.07) is 0.00463. The third-order valence-electron chi connectivity index (χ3n) is 1.97. The van der Waals surface area contributed by atoms with Crippen LogP contribution < -0.4 is 11.3 Å². The summed E-state index contributed by atoms with van der Waals surface area (Å²) in [6.45, 7) is 0.998. The molecule has 1 saturated heterocycles. The molecule has 3 N–H and O–H groups in total. The predicted molar refractivity (Wildman–Crippen MR) is 38.0 cm³/mol. The van der Waals surface area contributed by atoms with Crippen LogP contribution in [0.15, 0.2) is 0 Å². The third kappa shape index (κ3) is 1.27. The first-order valence-corrected chi connectivity index (χ1v) is 3.46. The Morgan fingerprint density at radius 2 is 2.50 bits per heavy atom. The SMILES string of the molecule is CN1CCC[C@@H]1C(=O)NN. The fraction of sp³-hybridized carbons (Fsp3) is 0.833. The molecule has 4 nitrogen and oxygen atoms in total. The average Bonchev–Trinajstić information content (AvgIpc) is 2.34. The molecular weight excluding hydrogens is 130 g/mol. The van der Waals surface area contributed by atoms with Gasteiger partial charge in [-0.3, -0.25) is 15.1 Å². The number of amides is 1. The van der Waals surface area contributed by atoms with E-state index in [1.54, 1.807) is 0 Å². The number of likely N-dealkylation sites (N-methyl/N-ethyl adjacent to an activating group) is 1. The van der Waals surface area contributed by atoms with Gasteiger partial charge in [-0.2, -0.15) is 0 Å². The van der Waals surface area contributed by atoms with Gasteiger partial charge >= 0.3 is 0 Å². The van der Waals surface area contributed by atoms with Gasteiger partial charge in [-0.1, -0.05) is 0 Å². The number of hydrogen-bond acceptors (Lipinski definition) is 3. The standard InChI is InChI=1S/C6H13N3O/c1-9-4-2-3-5(9)6(10)8-7/h5H,2-4,7H2,1H3,(H,8,10)/t5-/m1/s1. The summed E-state index contributed by atoms with van der Waals surface area (Å²) in [7, 11) is 1.94. The Kier molecular flexibility index (Phi) is 2.24. The topological polar surface area (TPSA) is 58.4 Å². The quantitative estimate of drug-likeness (QED) is 0.283. The number of nitrogens with two attached hydrogens (primary N) is 1. The van der Waals surface area contributed by atoms with Crippen molar-refractivity contribution in [3.8, 4) is 0 Å². The maximum Gasteiger partial charge on any atom is 0.251 e. The minimum Gasteiger partial charge on any atom is -0.295 e. The normalized spacial score (nSPS) is 26.8. The molecule has 1 fully saturated rings. The van der Waals surface area contributed by atoms with Crippen molar-refractivity contribution in [3.63, 3.8) is 0 Å². The van der Waals surface area contributed by atoms with E-state index in [0.29, 0.717) is 0 Å². The Morgan fingerprint density at radius 1 is 1.80 bits per heavy atom. The van der Waals surface area contributed by atoms with Crippen molar-refractivity contribution in [2.75, 3.05) is 13.6 Å². The number of likely N-dealkylation sites (tertiary alicyclic amines) is 1. The Labute approximate surface area is 60.3 Å². The highest BCUT2D eigenvalue weighted by Crippen LogP contribution is 2.13. The lowest BCUT2D eigenvalue weighted by atomic mass is 10.2. The number of carbonyl (C=O) groups excluding carboxylic acids is 1. The molecule has 1 atom stereocenters. The maximum atomic E-state index is 10.9. The molecule has 4 heteroatoms. The molecule has 0 bridgehead atoms. The number of hydrogen-bond donors (Lipinski definition) is 2. The van der Waals surface area contributed by atoms with E-state index in [1.165, 1.54) is 0 Å². The minimum absolute atomic E-state index is 0.00463. The zero-order chi connectivity index (χ0) is 7.56. The summed E-state index contributed by atoms with van der Waals surface area (Å²) in [5.41, 5.74) is 2.16. The van der Waals surface area contributed by atoms with Crippen molar-refractivity contribution < 1.29 is 4.79 Å². The van der Waals surface area contributed by atoms with Gasteiger partial charge < -0.3 is 0 Å². The van der Waals surface area contributed by atoms with Gasteiger partial charge in [0.15, 0.2) is 0 Å². The molecule has 1 aliphatic rings. The van der Waals surface area contributed by atoms with E-state index < -0.39 is 0 Å². The van der Waals surface area contributed by atoms with Crippen molar-refractivity contribution in [1.29, 1.82) is 0 Å². The molecular formula is C6H13N3O. The fourth-order valence-electron chi connectivity index (χ4n) is 1.34. The fourth-order valence-corrected chi connectivity index (χ4v) is 1.34. The summed E-state index contributed by atoms with van der Waals surface area (Å²) in [6.07, 6.45) is 2.02. The van der Waals surface area contributed by atoms with Crippen molar-refractivity contribution in [2.45, 2.75) is 18.9 Å². The zero-order valence-corrected chi connectivity index (χ0v) is 6.13.